The van der Waals surface area contributed by atoms with Crippen LogP contribution in [0.1, 0.15) is 5.56 Å². The maximum Gasteiger partial charge on any atom is 0.324 e. The minimum Gasteiger partial charge on any atom is -0.493 e. The maximum atomic E-state index is 12.2. The van der Waals surface area contributed by atoms with Crippen molar-refractivity contribution in [2.75, 3.05) is 24.9 Å². The summed E-state index contributed by atoms with van der Waals surface area (Å²) in [7, 11) is 3.16. The van der Waals surface area contributed by atoms with Gasteiger partial charge in [-0.05, 0) is 61.0 Å². The monoisotopic (exact) mass is 430 g/mol. The molecular formula is C24H22N4O4. The summed E-state index contributed by atoms with van der Waals surface area (Å²) in [5.74, 6) is 2.91. The molecule has 8 nitrogen and oxygen atoms in total. The first-order valence-electron chi connectivity index (χ1n) is 9.85. The number of hydrogen-bond donors (Lipinski definition) is 2. The Kier molecular flexibility index (Phi) is 6.03. The molecule has 0 bridgehead atoms. The highest BCUT2D eigenvalue weighted by Crippen LogP contribution is 2.36. The van der Waals surface area contributed by atoms with Gasteiger partial charge in [0.05, 0.1) is 19.7 Å². The molecule has 0 radical (unpaired) electrons. The standard InChI is InChI=1S/C24H22N4O4/c1-15-8-10-26-23(12-15)28-24(29)27-16-4-6-17(7-5-16)32-20-9-11-25-19-14-22(31-3)21(30-2)13-18(19)20/h4-14H,1-3H3,(H2,26,27,28,29). The third-order valence-corrected chi connectivity index (χ3v) is 4.70. The quantitative estimate of drug-likeness (QED) is 0.426. The predicted octanol–water partition coefficient (Wildman–Crippen LogP) is 5.39. The highest BCUT2D eigenvalue weighted by molar-refractivity contribution is 5.99. The van der Waals surface area contributed by atoms with Gasteiger partial charge in [-0.25, -0.2) is 9.78 Å². The number of amides is 2. The van der Waals surface area contributed by atoms with Gasteiger partial charge in [0, 0.05) is 29.5 Å². The number of hydrogen-bond acceptors (Lipinski definition) is 6. The van der Waals surface area contributed by atoms with Crippen LogP contribution < -0.4 is 24.8 Å². The molecule has 0 unspecified atom stereocenters. The molecule has 0 saturated carbocycles. The Bertz CT molecular complexity index is 1260. The van der Waals surface area contributed by atoms with Crippen molar-refractivity contribution in [3.05, 3.63) is 72.6 Å². The van der Waals surface area contributed by atoms with E-state index in [9.17, 15) is 4.79 Å². The van der Waals surface area contributed by atoms with Crippen molar-refractivity contribution >= 4 is 28.4 Å². The minimum absolute atomic E-state index is 0.377. The van der Waals surface area contributed by atoms with Crippen LogP contribution in [-0.4, -0.2) is 30.2 Å². The summed E-state index contributed by atoms with van der Waals surface area (Å²) in [5, 5.41) is 6.27. The first kappa shape index (κ1) is 20.9. The van der Waals surface area contributed by atoms with Crippen molar-refractivity contribution < 1.29 is 19.0 Å². The van der Waals surface area contributed by atoms with E-state index in [0.29, 0.717) is 34.5 Å². The molecule has 0 aliphatic carbocycles. The number of urea groups is 1. The molecule has 0 aliphatic rings. The molecule has 4 aromatic rings. The second-order valence-corrected chi connectivity index (χ2v) is 6.96. The molecule has 0 aliphatic heterocycles. The van der Waals surface area contributed by atoms with Gasteiger partial charge in [-0.15, -0.1) is 0 Å². The lowest BCUT2D eigenvalue weighted by atomic mass is 10.2. The smallest absolute Gasteiger partial charge is 0.324 e. The lowest BCUT2D eigenvalue weighted by Crippen LogP contribution is -2.20. The summed E-state index contributed by atoms with van der Waals surface area (Å²) in [6.45, 7) is 1.93. The Morgan fingerprint density at radius 1 is 0.812 bits per heavy atom. The molecule has 8 heteroatoms. The molecule has 2 aromatic carbocycles. The lowest BCUT2D eigenvalue weighted by molar-refractivity contribution is 0.262. The Morgan fingerprint density at radius 2 is 1.53 bits per heavy atom. The fourth-order valence-electron chi connectivity index (χ4n) is 3.15. The zero-order valence-electron chi connectivity index (χ0n) is 17.9. The Balaban J connectivity index is 1.48. The van der Waals surface area contributed by atoms with Crippen molar-refractivity contribution in [1.29, 1.82) is 0 Å². The number of fused-ring (bicyclic) bond motifs is 1. The molecule has 2 amide bonds. The van der Waals surface area contributed by atoms with E-state index in [0.717, 1.165) is 16.5 Å². The summed E-state index contributed by atoms with van der Waals surface area (Å²) in [4.78, 5) is 20.7. The van der Waals surface area contributed by atoms with Gasteiger partial charge < -0.3 is 19.5 Å². The van der Waals surface area contributed by atoms with E-state index in [1.165, 1.54) is 0 Å². The van der Waals surface area contributed by atoms with E-state index in [2.05, 4.69) is 20.6 Å². The number of benzene rings is 2. The second kappa shape index (κ2) is 9.22. The number of carbonyl (C=O) groups is 1. The van der Waals surface area contributed by atoms with Gasteiger partial charge in [0.1, 0.15) is 17.3 Å². The fourth-order valence-corrected chi connectivity index (χ4v) is 3.15. The number of rotatable bonds is 6. The molecule has 2 N–H and O–H groups in total. The number of anilines is 2. The third-order valence-electron chi connectivity index (χ3n) is 4.70. The predicted molar refractivity (Wildman–Crippen MR) is 123 cm³/mol. The average Bonchev–Trinajstić information content (AvgIpc) is 2.79. The Morgan fingerprint density at radius 3 is 2.25 bits per heavy atom. The minimum atomic E-state index is -0.377. The van der Waals surface area contributed by atoms with Crippen LogP contribution in [0.2, 0.25) is 0 Å². The molecule has 32 heavy (non-hydrogen) atoms. The summed E-state index contributed by atoms with van der Waals surface area (Å²) in [6.07, 6.45) is 3.31. The normalized spacial score (nSPS) is 10.5. The van der Waals surface area contributed by atoms with Crippen molar-refractivity contribution in [2.24, 2.45) is 0 Å². The average molecular weight is 430 g/mol. The summed E-state index contributed by atoms with van der Waals surface area (Å²) in [6, 6.07) is 15.7. The number of nitrogens with one attached hydrogen (secondary N) is 2. The molecule has 4 rings (SSSR count). The number of ether oxygens (including phenoxy) is 3. The molecule has 2 heterocycles. The first-order chi connectivity index (χ1) is 15.6. The highest BCUT2D eigenvalue weighted by atomic mass is 16.5. The molecule has 2 aromatic heterocycles. The number of nitrogens with zero attached hydrogens (tertiary/aromatic N) is 2. The van der Waals surface area contributed by atoms with Gasteiger partial charge in [0.15, 0.2) is 11.5 Å². The van der Waals surface area contributed by atoms with Gasteiger partial charge >= 0.3 is 6.03 Å². The SMILES string of the molecule is COc1cc2nccc(Oc3ccc(NC(=O)Nc4cc(C)ccn4)cc3)c2cc1OC. The van der Waals surface area contributed by atoms with Crippen LogP contribution in [0.15, 0.2) is 67.0 Å². The third kappa shape index (κ3) is 4.70. The van der Waals surface area contributed by atoms with E-state index in [1.807, 2.05) is 19.1 Å². The van der Waals surface area contributed by atoms with Crippen LogP contribution in [0.4, 0.5) is 16.3 Å². The topological polar surface area (TPSA) is 94.6 Å². The number of aromatic nitrogens is 2. The summed E-state index contributed by atoms with van der Waals surface area (Å²) >= 11 is 0. The Labute approximate surface area is 185 Å². The van der Waals surface area contributed by atoms with Crippen LogP contribution in [0.5, 0.6) is 23.0 Å². The molecule has 0 saturated heterocycles. The molecular weight excluding hydrogens is 408 g/mol. The van der Waals surface area contributed by atoms with E-state index in [1.54, 1.807) is 69.1 Å². The van der Waals surface area contributed by atoms with Crippen molar-refractivity contribution in [3.63, 3.8) is 0 Å². The van der Waals surface area contributed by atoms with Crippen LogP contribution in [-0.2, 0) is 0 Å². The summed E-state index contributed by atoms with van der Waals surface area (Å²) in [5.41, 5.74) is 2.35. The van der Waals surface area contributed by atoms with E-state index >= 15 is 0 Å². The van der Waals surface area contributed by atoms with Crippen LogP contribution in [0, 0.1) is 6.92 Å². The number of aryl methyl sites for hydroxylation is 1. The largest absolute Gasteiger partial charge is 0.493 e. The van der Waals surface area contributed by atoms with Gasteiger partial charge in [-0.1, -0.05) is 0 Å². The van der Waals surface area contributed by atoms with Gasteiger partial charge in [-0.2, -0.15) is 0 Å². The van der Waals surface area contributed by atoms with Crippen molar-refractivity contribution in [1.82, 2.24) is 9.97 Å². The molecule has 0 atom stereocenters. The van der Waals surface area contributed by atoms with Gasteiger partial charge in [0.25, 0.3) is 0 Å². The maximum absolute atomic E-state index is 12.2. The highest BCUT2D eigenvalue weighted by Gasteiger charge is 2.11. The van der Waals surface area contributed by atoms with Crippen LogP contribution in [0.3, 0.4) is 0 Å². The van der Waals surface area contributed by atoms with Crippen LogP contribution in [0.25, 0.3) is 10.9 Å². The van der Waals surface area contributed by atoms with Crippen LogP contribution >= 0.6 is 0 Å². The van der Waals surface area contributed by atoms with E-state index in [-0.39, 0.29) is 6.03 Å². The second-order valence-electron chi connectivity index (χ2n) is 6.96. The number of methoxy groups -OCH3 is 2. The van der Waals surface area contributed by atoms with Crippen molar-refractivity contribution in [3.8, 4) is 23.0 Å². The molecule has 0 fully saturated rings. The zero-order valence-corrected chi connectivity index (χ0v) is 17.9. The lowest BCUT2D eigenvalue weighted by Gasteiger charge is -2.13. The fraction of sp³-hybridized carbons (Fsp3) is 0.125. The van der Waals surface area contributed by atoms with Gasteiger partial charge in [0.2, 0.25) is 0 Å². The number of pyridine rings is 2. The number of carbonyl (C=O) groups excluding carboxylic acids is 1. The van der Waals surface area contributed by atoms with E-state index < -0.39 is 0 Å². The molecule has 162 valence electrons. The zero-order chi connectivity index (χ0) is 22.5. The van der Waals surface area contributed by atoms with Crippen molar-refractivity contribution in [2.45, 2.75) is 6.92 Å². The van der Waals surface area contributed by atoms with E-state index in [4.69, 9.17) is 14.2 Å². The first-order valence-corrected chi connectivity index (χ1v) is 9.85. The Hall–Kier alpha value is -4.33. The molecule has 0 spiro atoms. The summed E-state index contributed by atoms with van der Waals surface area (Å²) < 4.78 is 16.8. The van der Waals surface area contributed by atoms with Gasteiger partial charge in [-0.3, -0.25) is 10.3 Å².